The number of hydrogen-bond donors (Lipinski definition) is 1. The quantitative estimate of drug-likeness (QED) is 0.742. The number of nitrogens with zero attached hydrogens (tertiary/aromatic N) is 1. The average molecular weight is 202 g/mol. The van der Waals surface area contributed by atoms with Gasteiger partial charge in [0.25, 0.3) is 0 Å². The molecule has 2 atom stereocenters. The zero-order valence-electron chi connectivity index (χ0n) is 9.21. The first-order valence-electron chi connectivity index (χ1n) is 5.20. The molecule has 2 nitrogen and oxygen atoms in total. The molecular formula is C10H22N2S. The first-order valence-corrected chi connectivity index (χ1v) is 6.48. The molecule has 0 spiro atoms. The van der Waals surface area contributed by atoms with Crippen molar-refractivity contribution in [3.63, 3.8) is 0 Å². The van der Waals surface area contributed by atoms with Crippen LogP contribution in [0.3, 0.4) is 0 Å². The lowest BCUT2D eigenvalue weighted by Crippen LogP contribution is -2.45. The van der Waals surface area contributed by atoms with Crippen molar-refractivity contribution in [1.29, 1.82) is 0 Å². The van der Waals surface area contributed by atoms with Crippen LogP contribution < -0.4 is 5.32 Å². The Kier molecular flexibility index (Phi) is 4.56. The first kappa shape index (κ1) is 11.3. The third-order valence-electron chi connectivity index (χ3n) is 2.89. The Morgan fingerprint density at radius 2 is 2.15 bits per heavy atom. The van der Waals surface area contributed by atoms with Crippen LogP contribution in [0.25, 0.3) is 0 Å². The van der Waals surface area contributed by atoms with E-state index in [1.54, 1.807) is 0 Å². The van der Waals surface area contributed by atoms with Crippen molar-refractivity contribution < 1.29 is 0 Å². The van der Waals surface area contributed by atoms with Crippen molar-refractivity contribution in [2.24, 2.45) is 0 Å². The van der Waals surface area contributed by atoms with Gasteiger partial charge in [0.2, 0.25) is 0 Å². The Morgan fingerprint density at radius 1 is 1.46 bits per heavy atom. The lowest BCUT2D eigenvalue weighted by Gasteiger charge is -2.34. The largest absolute Gasteiger partial charge is 0.314 e. The Hall–Kier alpha value is 0.270. The van der Waals surface area contributed by atoms with Gasteiger partial charge in [-0.25, -0.2) is 0 Å². The summed E-state index contributed by atoms with van der Waals surface area (Å²) >= 11 is 2.00. The van der Waals surface area contributed by atoms with Crippen LogP contribution >= 0.6 is 11.8 Å². The fourth-order valence-electron chi connectivity index (χ4n) is 2.19. The summed E-state index contributed by atoms with van der Waals surface area (Å²) in [7, 11) is 0. The zero-order chi connectivity index (χ0) is 9.84. The summed E-state index contributed by atoms with van der Waals surface area (Å²) in [6, 6.07) is 1.41. The van der Waals surface area contributed by atoms with Crippen LogP contribution in [0.5, 0.6) is 0 Å². The van der Waals surface area contributed by atoms with Gasteiger partial charge in [-0.1, -0.05) is 6.92 Å². The van der Waals surface area contributed by atoms with Gasteiger partial charge >= 0.3 is 0 Å². The van der Waals surface area contributed by atoms with E-state index in [0.717, 1.165) is 17.8 Å². The second-order valence-electron chi connectivity index (χ2n) is 3.92. The van der Waals surface area contributed by atoms with Gasteiger partial charge in [-0.15, -0.1) is 0 Å². The lowest BCUT2D eigenvalue weighted by molar-refractivity contribution is 0.176. The van der Waals surface area contributed by atoms with Gasteiger partial charge in [-0.2, -0.15) is 11.8 Å². The van der Waals surface area contributed by atoms with E-state index in [4.69, 9.17) is 0 Å². The Labute approximate surface area is 86.5 Å². The van der Waals surface area contributed by atoms with Gasteiger partial charge in [0.1, 0.15) is 0 Å². The predicted octanol–water partition coefficient (Wildman–Crippen LogP) is 1.42. The molecule has 1 aliphatic rings. The molecule has 1 saturated heterocycles. The van der Waals surface area contributed by atoms with Crippen molar-refractivity contribution in [3.05, 3.63) is 0 Å². The van der Waals surface area contributed by atoms with Gasteiger partial charge in [0, 0.05) is 30.4 Å². The summed E-state index contributed by atoms with van der Waals surface area (Å²) < 4.78 is 0. The van der Waals surface area contributed by atoms with E-state index in [9.17, 15) is 0 Å². The molecule has 0 aromatic heterocycles. The fourth-order valence-corrected chi connectivity index (χ4v) is 3.05. The normalized spacial score (nSPS) is 29.1. The number of likely N-dealkylation sites (N-methyl/N-ethyl adjacent to an activating group) is 1. The number of rotatable bonds is 4. The number of nitrogens with one attached hydrogen (secondary N) is 1. The smallest absolute Gasteiger partial charge is 0.0354 e. The van der Waals surface area contributed by atoms with Crippen LogP contribution in [0, 0.1) is 0 Å². The second-order valence-corrected chi connectivity index (χ2v) is 5.00. The molecular weight excluding hydrogens is 180 g/mol. The molecule has 1 aliphatic heterocycles. The van der Waals surface area contributed by atoms with E-state index < -0.39 is 0 Å². The molecule has 3 heteroatoms. The number of hydrogen-bond acceptors (Lipinski definition) is 3. The van der Waals surface area contributed by atoms with E-state index >= 15 is 0 Å². The van der Waals surface area contributed by atoms with E-state index in [1.807, 2.05) is 11.8 Å². The molecule has 1 heterocycles. The molecule has 0 bridgehead atoms. The van der Waals surface area contributed by atoms with Gasteiger partial charge in [0.05, 0.1) is 0 Å². The summed E-state index contributed by atoms with van der Waals surface area (Å²) in [5.74, 6) is 0. The van der Waals surface area contributed by atoms with Crippen molar-refractivity contribution in [3.8, 4) is 0 Å². The minimum absolute atomic E-state index is 0.671. The third-order valence-corrected chi connectivity index (χ3v) is 3.97. The molecule has 0 saturated carbocycles. The summed E-state index contributed by atoms with van der Waals surface area (Å²) in [4.78, 5) is 2.60. The maximum absolute atomic E-state index is 3.48. The molecule has 0 amide bonds. The summed E-state index contributed by atoms with van der Waals surface area (Å²) in [5.41, 5.74) is 0. The van der Waals surface area contributed by atoms with Crippen molar-refractivity contribution in [2.45, 2.75) is 38.1 Å². The molecule has 0 aromatic carbocycles. The third kappa shape index (κ3) is 2.61. The van der Waals surface area contributed by atoms with Crippen molar-refractivity contribution in [2.75, 3.05) is 25.9 Å². The summed E-state index contributed by atoms with van der Waals surface area (Å²) in [6.45, 7) is 10.3. The highest BCUT2D eigenvalue weighted by atomic mass is 32.2. The van der Waals surface area contributed by atoms with Gasteiger partial charge in [-0.3, -0.25) is 4.90 Å². The Morgan fingerprint density at radius 3 is 2.62 bits per heavy atom. The highest BCUT2D eigenvalue weighted by molar-refractivity contribution is 7.99. The second kappa shape index (κ2) is 5.23. The van der Waals surface area contributed by atoms with Crippen molar-refractivity contribution in [1.82, 2.24) is 10.2 Å². The molecule has 1 N–H and O–H groups in total. The highest BCUT2D eigenvalue weighted by Gasteiger charge is 2.31. The molecule has 78 valence electrons. The molecule has 1 fully saturated rings. The SMILES string of the molecule is CCN(C(C)C)C1CNCC1SC. The minimum atomic E-state index is 0.671. The Bertz CT molecular complexity index is 150. The predicted molar refractivity (Wildman–Crippen MR) is 61.5 cm³/mol. The highest BCUT2D eigenvalue weighted by Crippen LogP contribution is 2.21. The van der Waals surface area contributed by atoms with Crippen LogP contribution in [0.4, 0.5) is 0 Å². The average Bonchev–Trinajstić information content (AvgIpc) is 2.53. The van der Waals surface area contributed by atoms with Crippen LogP contribution in [-0.2, 0) is 0 Å². The van der Waals surface area contributed by atoms with Gasteiger partial charge in [-0.05, 0) is 26.6 Å². The van der Waals surface area contributed by atoms with Crippen LogP contribution in [0.2, 0.25) is 0 Å². The Balaban J connectivity index is 2.56. The van der Waals surface area contributed by atoms with Crippen LogP contribution in [-0.4, -0.2) is 48.1 Å². The zero-order valence-corrected chi connectivity index (χ0v) is 10.0. The monoisotopic (exact) mass is 202 g/mol. The fraction of sp³-hybridized carbons (Fsp3) is 1.00. The molecule has 0 aliphatic carbocycles. The van der Waals surface area contributed by atoms with E-state index in [2.05, 4.69) is 37.2 Å². The standard InChI is InChI=1S/C10H22N2S/c1-5-12(8(2)3)9-6-11-7-10(9)13-4/h8-11H,5-7H2,1-4H3. The van der Waals surface area contributed by atoms with E-state index in [1.165, 1.54) is 13.1 Å². The molecule has 2 unspecified atom stereocenters. The topological polar surface area (TPSA) is 15.3 Å². The first-order chi connectivity index (χ1) is 6.20. The van der Waals surface area contributed by atoms with Gasteiger partial charge in [0.15, 0.2) is 0 Å². The molecule has 1 rings (SSSR count). The molecule has 0 aromatic rings. The van der Waals surface area contributed by atoms with Gasteiger partial charge < -0.3 is 5.32 Å². The van der Waals surface area contributed by atoms with Crippen LogP contribution in [0.1, 0.15) is 20.8 Å². The molecule has 0 radical (unpaired) electrons. The lowest BCUT2D eigenvalue weighted by atomic mass is 10.1. The maximum Gasteiger partial charge on any atom is 0.0354 e. The molecule has 13 heavy (non-hydrogen) atoms. The summed E-state index contributed by atoms with van der Waals surface area (Å²) in [5, 5.41) is 4.26. The van der Waals surface area contributed by atoms with E-state index in [0.29, 0.717) is 6.04 Å². The maximum atomic E-state index is 3.48. The van der Waals surface area contributed by atoms with Crippen molar-refractivity contribution >= 4 is 11.8 Å². The minimum Gasteiger partial charge on any atom is -0.314 e. The van der Waals surface area contributed by atoms with E-state index in [-0.39, 0.29) is 0 Å². The number of thioether (sulfide) groups is 1. The summed E-state index contributed by atoms with van der Waals surface area (Å²) in [6.07, 6.45) is 2.22. The van der Waals surface area contributed by atoms with Crippen LogP contribution in [0.15, 0.2) is 0 Å².